The summed E-state index contributed by atoms with van der Waals surface area (Å²) in [7, 11) is 0. The molecule has 2 aromatic carbocycles. The summed E-state index contributed by atoms with van der Waals surface area (Å²) in [6.07, 6.45) is -0.116. The highest BCUT2D eigenvalue weighted by Gasteiger charge is 2.38. The normalized spacial score (nSPS) is 17.6. The summed E-state index contributed by atoms with van der Waals surface area (Å²) in [4.78, 5) is 38.0. The van der Waals surface area contributed by atoms with Crippen molar-refractivity contribution in [2.24, 2.45) is 11.3 Å². The van der Waals surface area contributed by atoms with Crippen LogP contribution in [0.15, 0.2) is 48.5 Å². The van der Waals surface area contributed by atoms with E-state index >= 15 is 0 Å². The molecule has 0 radical (unpaired) electrons. The van der Waals surface area contributed by atoms with Crippen molar-refractivity contribution in [1.29, 1.82) is 0 Å². The highest BCUT2D eigenvalue weighted by Crippen LogP contribution is 2.44. The molecule has 1 aliphatic carbocycles. The first-order valence-corrected chi connectivity index (χ1v) is 10.9. The zero-order chi connectivity index (χ0) is 22.9. The topological polar surface area (TPSA) is 95.9 Å². The van der Waals surface area contributed by atoms with E-state index in [2.05, 4.69) is 29.6 Å². The summed E-state index contributed by atoms with van der Waals surface area (Å²) in [5, 5.41) is 11.9. The third kappa shape index (κ3) is 4.20. The number of hydrogen-bond donors (Lipinski definition) is 2. The van der Waals surface area contributed by atoms with Crippen LogP contribution >= 0.6 is 0 Å². The Bertz CT molecular complexity index is 1000. The molecule has 0 aromatic heterocycles. The number of hydrogen-bond acceptors (Lipinski definition) is 4. The van der Waals surface area contributed by atoms with Crippen LogP contribution in [0.25, 0.3) is 11.1 Å². The maximum Gasteiger partial charge on any atom is 0.407 e. The second-order valence-corrected chi connectivity index (χ2v) is 9.14. The van der Waals surface area contributed by atoms with Crippen LogP contribution in [0.4, 0.5) is 4.79 Å². The van der Waals surface area contributed by atoms with Crippen molar-refractivity contribution in [3.63, 3.8) is 0 Å². The summed E-state index contributed by atoms with van der Waals surface area (Å²) in [6, 6.07) is 16.3. The number of carboxylic acid groups (broad SMARTS) is 1. The zero-order valence-corrected chi connectivity index (χ0v) is 18.3. The third-order valence-electron chi connectivity index (χ3n) is 6.42. The Kier molecular flexibility index (Phi) is 5.91. The lowest BCUT2D eigenvalue weighted by molar-refractivity contribution is -0.142. The first-order chi connectivity index (χ1) is 15.3. The van der Waals surface area contributed by atoms with Gasteiger partial charge < -0.3 is 20.1 Å². The number of nitrogens with zero attached hydrogens (tertiary/aromatic N) is 1. The molecule has 2 amide bonds. The van der Waals surface area contributed by atoms with Gasteiger partial charge in [0.1, 0.15) is 6.61 Å². The standard InChI is InChI=1S/C25H28N2O5/c1-25(2,23(30)27-12-11-16(13-27)22(28)29)15-26-24(31)32-14-21-19-9-5-3-7-17(19)18-8-4-6-10-20(18)21/h3-10,16,21H,11-15H2,1-2H3,(H,26,31)(H,28,29). The van der Waals surface area contributed by atoms with Crippen LogP contribution in [-0.2, 0) is 14.3 Å². The Hall–Kier alpha value is -3.35. The first-order valence-electron chi connectivity index (χ1n) is 10.9. The van der Waals surface area contributed by atoms with E-state index in [4.69, 9.17) is 9.84 Å². The van der Waals surface area contributed by atoms with Gasteiger partial charge in [-0.3, -0.25) is 9.59 Å². The third-order valence-corrected chi connectivity index (χ3v) is 6.42. The van der Waals surface area contributed by atoms with E-state index in [1.807, 2.05) is 24.3 Å². The number of ether oxygens (including phenoxy) is 1. The maximum absolute atomic E-state index is 12.8. The summed E-state index contributed by atoms with van der Waals surface area (Å²) in [5.41, 5.74) is 3.74. The number of carboxylic acids is 1. The van der Waals surface area contributed by atoms with Gasteiger partial charge in [0.05, 0.1) is 11.3 Å². The van der Waals surface area contributed by atoms with Crippen molar-refractivity contribution in [2.75, 3.05) is 26.2 Å². The van der Waals surface area contributed by atoms with Gasteiger partial charge in [0, 0.05) is 25.6 Å². The zero-order valence-electron chi connectivity index (χ0n) is 18.3. The van der Waals surface area contributed by atoms with Gasteiger partial charge in [0.25, 0.3) is 0 Å². The van der Waals surface area contributed by atoms with Gasteiger partial charge in [-0.2, -0.15) is 0 Å². The molecule has 2 aromatic rings. The smallest absolute Gasteiger partial charge is 0.407 e. The molecule has 1 fully saturated rings. The molecule has 0 spiro atoms. The van der Waals surface area contributed by atoms with Crippen LogP contribution in [0.1, 0.15) is 37.3 Å². The first kappa shape index (κ1) is 21.9. The van der Waals surface area contributed by atoms with E-state index < -0.39 is 23.4 Å². The number of benzene rings is 2. The van der Waals surface area contributed by atoms with Crippen molar-refractivity contribution in [3.05, 3.63) is 59.7 Å². The molecule has 2 aliphatic rings. The van der Waals surface area contributed by atoms with E-state index in [1.165, 1.54) is 0 Å². The predicted octanol–water partition coefficient (Wildman–Crippen LogP) is 3.48. The van der Waals surface area contributed by atoms with Gasteiger partial charge >= 0.3 is 12.1 Å². The van der Waals surface area contributed by atoms with E-state index in [9.17, 15) is 14.4 Å². The minimum atomic E-state index is -0.880. The van der Waals surface area contributed by atoms with E-state index in [0.717, 1.165) is 22.3 Å². The number of rotatable bonds is 6. The Morgan fingerprint density at radius 3 is 2.22 bits per heavy atom. The van der Waals surface area contributed by atoms with Gasteiger partial charge in [0.15, 0.2) is 0 Å². The molecule has 4 rings (SSSR count). The SMILES string of the molecule is CC(C)(CNC(=O)OCC1c2ccccc2-c2ccccc21)C(=O)N1CCC(C(=O)O)C1. The second-order valence-electron chi connectivity index (χ2n) is 9.14. The lowest BCUT2D eigenvalue weighted by Gasteiger charge is -2.29. The number of aliphatic carboxylic acids is 1. The minimum absolute atomic E-state index is 0.0275. The molecular formula is C25H28N2O5. The van der Waals surface area contributed by atoms with Gasteiger partial charge in [-0.1, -0.05) is 48.5 Å². The fourth-order valence-corrected chi connectivity index (χ4v) is 4.59. The summed E-state index contributed by atoms with van der Waals surface area (Å²) in [6.45, 7) is 4.43. The molecule has 7 nitrogen and oxygen atoms in total. The van der Waals surface area contributed by atoms with Crippen LogP contribution in [0.2, 0.25) is 0 Å². The lowest BCUT2D eigenvalue weighted by atomic mass is 9.91. The van der Waals surface area contributed by atoms with Crippen LogP contribution in [0.3, 0.4) is 0 Å². The molecule has 7 heteroatoms. The summed E-state index contributed by atoms with van der Waals surface area (Å²) >= 11 is 0. The van der Waals surface area contributed by atoms with Crippen LogP contribution in [0.5, 0.6) is 0 Å². The van der Waals surface area contributed by atoms with Crippen molar-refractivity contribution < 1.29 is 24.2 Å². The molecule has 32 heavy (non-hydrogen) atoms. The Labute approximate surface area is 187 Å². The van der Waals surface area contributed by atoms with Crippen molar-refractivity contribution in [3.8, 4) is 11.1 Å². The Morgan fingerprint density at radius 2 is 1.66 bits per heavy atom. The van der Waals surface area contributed by atoms with Crippen molar-refractivity contribution >= 4 is 18.0 Å². The van der Waals surface area contributed by atoms with Crippen molar-refractivity contribution in [1.82, 2.24) is 10.2 Å². The number of likely N-dealkylation sites (tertiary alicyclic amines) is 1. The largest absolute Gasteiger partial charge is 0.481 e. The number of amides is 2. The van der Waals surface area contributed by atoms with E-state index in [0.29, 0.717) is 13.0 Å². The Balaban J connectivity index is 1.33. The molecule has 2 N–H and O–H groups in total. The average molecular weight is 437 g/mol. The van der Waals surface area contributed by atoms with Crippen molar-refractivity contribution in [2.45, 2.75) is 26.2 Å². The molecule has 1 heterocycles. The van der Waals surface area contributed by atoms with E-state index in [1.54, 1.807) is 18.7 Å². The number of alkyl carbamates (subject to hydrolysis) is 1. The summed E-state index contributed by atoms with van der Waals surface area (Å²) in [5.74, 6) is -1.60. The number of fused-ring (bicyclic) bond motifs is 3. The quantitative estimate of drug-likeness (QED) is 0.723. The van der Waals surface area contributed by atoms with E-state index in [-0.39, 0.29) is 31.5 Å². The molecule has 1 aliphatic heterocycles. The fraction of sp³-hybridized carbons (Fsp3) is 0.400. The van der Waals surface area contributed by atoms with Gasteiger partial charge in [0.2, 0.25) is 5.91 Å². The average Bonchev–Trinajstić information content (AvgIpc) is 3.40. The molecule has 0 saturated carbocycles. The van der Waals surface area contributed by atoms with Crippen LogP contribution in [0, 0.1) is 11.3 Å². The Morgan fingerprint density at radius 1 is 1.06 bits per heavy atom. The summed E-state index contributed by atoms with van der Waals surface area (Å²) < 4.78 is 5.54. The fourth-order valence-electron chi connectivity index (χ4n) is 4.59. The van der Waals surface area contributed by atoms with Gasteiger partial charge in [-0.15, -0.1) is 0 Å². The molecular weight excluding hydrogens is 408 g/mol. The second kappa shape index (κ2) is 8.65. The predicted molar refractivity (Wildman–Crippen MR) is 119 cm³/mol. The monoisotopic (exact) mass is 436 g/mol. The van der Waals surface area contributed by atoms with Gasteiger partial charge in [-0.25, -0.2) is 4.79 Å². The molecule has 0 bridgehead atoms. The number of nitrogens with one attached hydrogen (secondary N) is 1. The van der Waals surface area contributed by atoms with Crippen LogP contribution < -0.4 is 5.32 Å². The maximum atomic E-state index is 12.8. The molecule has 168 valence electrons. The number of carbonyl (C=O) groups is 3. The highest BCUT2D eigenvalue weighted by atomic mass is 16.5. The van der Waals surface area contributed by atoms with Gasteiger partial charge in [-0.05, 0) is 42.5 Å². The minimum Gasteiger partial charge on any atom is -0.481 e. The molecule has 1 saturated heterocycles. The number of carbonyl (C=O) groups excluding carboxylic acids is 2. The lowest BCUT2D eigenvalue weighted by Crippen LogP contribution is -2.46. The van der Waals surface area contributed by atoms with Crippen LogP contribution in [-0.4, -0.2) is 54.2 Å². The molecule has 1 unspecified atom stereocenters. The molecule has 1 atom stereocenters. The highest BCUT2D eigenvalue weighted by molar-refractivity contribution is 5.84.